The summed E-state index contributed by atoms with van der Waals surface area (Å²) in [6, 6.07) is -0.441. The topological polar surface area (TPSA) is 78.5 Å². The van der Waals surface area contributed by atoms with Gasteiger partial charge >= 0.3 is 11.8 Å². The molecule has 15 heteroatoms. The Bertz CT molecular complexity index is 1320. The average Bonchev–Trinajstić information content (AvgIpc) is 3.54. The van der Waals surface area contributed by atoms with Gasteiger partial charge in [-0.2, -0.15) is 8.78 Å². The van der Waals surface area contributed by atoms with E-state index in [9.17, 15) is 43.9 Å². The maximum atomic E-state index is 15.6. The molecule has 2 aromatic rings. The summed E-state index contributed by atoms with van der Waals surface area (Å²) in [4.78, 5) is 13.7. The van der Waals surface area contributed by atoms with E-state index in [0.717, 1.165) is 17.0 Å². The van der Waals surface area contributed by atoms with Gasteiger partial charge in [0.05, 0.1) is 18.6 Å². The highest BCUT2D eigenvalue weighted by molar-refractivity contribution is 7.89. The van der Waals surface area contributed by atoms with Crippen molar-refractivity contribution in [3.63, 3.8) is 0 Å². The van der Waals surface area contributed by atoms with Crippen LogP contribution in [0.2, 0.25) is 0 Å². The molecule has 2 amide bonds. The van der Waals surface area contributed by atoms with Crippen LogP contribution < -0.4 is 10.0 Å². The normalized spacial score (nSPS) is 20.5. The molecule has 1 saturated carbocycles. The van der Waals surface area contributed by atoms with Gasteiger partial charge in [0.1, 0.15) is 23.3 Å². The Morgan fingerprint density at radius 3 is 2.13 bits per heavy atom. The van der Waals surface area contributed by atoms with Crippen molar-refractivity contribution in [3.8, 4) is 11.1 Å². The van der Waals surface area contributed by atoms with Gasteiger partial charge in [-0.15, -0.1) is 0 Å². The van der Waals surface area contributed by atoms with E-state index in [1.165, 1.54) is 0 Å². The number of rotatable bonds is 8. The number of likely N-dealkylation sites (tertiary alicyclic amines) is 1. The Balaban J connectivity index is 1.75. The summed E-state index contributed by atoms with van der Waals surface area (Å²) in [5, 5.41) is 1.95. The van der Waals surface area contributed by atoms with Crippen molar-refractivity contribution in [2.45, 2.75) is 43.5 Å². The van der Waals surface area contributed by atoms with Crippen molar-refractivity contribution >= 4 is 16.1 Å². The van der Waals surface area contributed by atoms with Crippen LogP contribution in [0.3, 0.4) is 0 Å². The molecular weight excluding hydrogens is 550 g/mol. The third-order valence-electron chi connectivity index (χ3n) is 6.73. The SMILES string of the molecule is O=C(NCC(F)F)N1CC2(CC2)[C@H](NS(=O)(=O)C(F)F)[C@@H]1Cc1cc(F)cc(-c2cc(F)cc(F)c2)c1F. The molecule has 2 aliphatic rings. The maximum absolute atomic E-state index is 15.6. The number of nitrogens with zero attached hydrogens (tertiary/aromatic N) is 1. The molecule has 208 valence electrons. The van der Waals surface area contributed by atoms with Gasteiger partial charge in [0.2, 0.25) is 0 Å². The first-order valence-electron chi connectivity index (χ1n) is 11.3. The summed E-state index contributed by atoms with van der Waals surface area (Å²) in [6.07, 6.45) is -2.98. The second-order valence-electron chi connectivity index (χ2n) is 9.32. The van der Waals surface area contributed by atoms with E-state index in [1.54, 1.807) is 0 Å². The van der Waals surface area contributed by atoms with Crippen LogP contribution in [0.5, 0.6) is 0 Å². The molecule has 0 unspecified atom stereocenters. The zero-order chi connectivity index (χ0) is 28.0. The Labute approximate surface area is 212 Å². The van der Waals surface area contributed by atoms with Gasteiger partial charge in [0.25, 0.3) is 16.4 Å². The standard InChI is InChI=1S/C23H21F8N3O3S/c24-13-3-11(4-14(25)7-13)16-8-15(26)5-12(19(16)29)6-17-20(33-38(36,37)21(30)31)23(1-2-23)10-34(17)22(35)32-9-18(27)28/h3-5,7-8,17-18,20-21,33H,1-2,6,9-10H2,(H,32,35)/t17-,20+/m0/s1. The van der Waals surface area contributed by atoms with E-state index in [-0.39, 0.29) is 24.9 Å². The zero-order valence-corrected chi connectivity index (χ0v) is 20.2. The number of carbonyl (C=O) groups excluding carboxylic acids is 1. The number of halogens is 8. The predicted octanol–water partition coefficient (Wildman–Crippen LogP) is 4.40. The molecule has 1 heterocycles. The van der Waals surface area contributed by atoms with E-state index in [2.05, 4.69) is 0 Å². The number of urea groups is 1. The van der Waals surface area contributed by atoms with Crippen LogP contribution in [0.25, 0.3) is 11.1 Å². The van der Waals surface area contributed by atoms with Crippen molar-refractivity contribution in [1.82, 2.24) is 14.9 Å². The second-order valence-corrected chi connectivity index (χ2v) is 11.0. The molecule has 1 saturated heterocycles. The van der Waals surface area contributed by atoms with E-state index >= 15 is 4.39 Å². The first kappa shape index (κ1) is 28.1. The van der Waals surface area contributed by atoms with Crippen LogP contribution in [0.4, 0.5) is 39.9 Å². The predicted molar refractivity (Wildman–Crippen MR) is 119 cm³/mol. The number of hydrogen-bond donors (Lipinski definition) is 2. The molecule has 2 aromatic carbocycles. The minimum absolute atomic E-state index is 0.220. The summed E-state index contributed by atoms with van der Waals surface area (Å²) in [5.74, 6) is -8.17. The lowest BCUT2D eigenvalue weighted by Crippen LogP contribution is -2.52. The van der Waals surface area contributed by atoms with Crippen molar-refractivity contribution in [3.05, 3.63) is 59.2 Å². The van der Waals surface area contributed by atoms with Crippen molar-refractivity contribution in [1.29, 1.82) is 0 Å². The fraction of sp³-hybridized carbons (Fsp3) is 0.435. The molecule has 2 atom stereocenters. The highest BCUT2D eigenvalue weighted by atomic mass is 32.2. The molecule has 1 spiro atoms. The highest BCUT2D eigenvalue weighted by Gasteiger charge is 2.62. The minimum atomic E-state index is -5.20. The van der Waals surface area contributed by atoms with Crippen LogP contribution in [0, 0.1) is 28.7 Å². The molecule has 1 aliphatic carbocycles. The molecule has 0 radical (unpaired) electrons. The fourth-order valence-corrected chi connectivity index (χ4v) is 5.72. The second kappa shape index (κ2) is 10.3. The lowest BCUT2D eigenvalue weighted by atomic mass is 9.91. The Morgan fingerprint density at radius 1 is 0.974 bits per heavy atom. The molecule has 2 N–H and O–H groups in total. The lowest BCUT2D eigenvalue weighted by Gasteiger charge is -2.29. The number of nitrogens with one attached hydrogen (secondary N) is 2. The molecule has 2 fully saturated rings. The van der Waals surface area contributed by atoms with E-state index in [0.29, 0.717) is 18.2 Å². The Hall–Kier alpha value is -2.94. The third-order valence-corrected chi connectivity index (χ3v) is 7.78. The summed E-state index contributed by atoms with van der Waals surface area (Å²) in [6.45, 7) is -1.28. The Kier molecular flexibility index (Phi) is 7.63. The Morgan fingerprint density at radius 2 is 1.58 bits per heavy atom. The van der Waals surface area contributed by atoms with Gasteiger partial charge in [-0.1, -0.05) is 0 Å². The molecule has 0 aromatic heterocycles. The van der Waals surface area contributed by atoms with Gasteiger partial charge in [-0.25, -0.2) is 44.3 Å². The van der Waals surface area contributed by atoms with E-state index in [1.807, 2.05) is 10.0 Å². The molecule has 1 aliphatic heterocycles. The largest absolute Gasteiger partial charge is 0.350 e. The third kappa shape index (κ3) is 5.72. The molecule has 38 heavy (non-hydrogen) atoms. The average molecular weight is 571 g/mol. The van der Waals surface area contributed by atoms with Crippen molar-refractivity contribution in [2.24, 2.45) is 5.41 Å². The maximum Gasteiger partial charge on any atom is 0.350 e. The number of sulfonamides is 1. The summed E-state index contributed by atoms with van der Waals surface area (Å²) < 4.78 is 135. The van der Waals surface area contributed by atoms with Gasteiger partial charge in [-0.3, -0.25) is 0 Å². The van der Waals surface area contributed by atoms with Gasteiger partial charge in [0.15, 0.2) is 0 Å². The van der Waals surface area contributed by atoms with E-state index in [4.69, 9.17) is 0 Å². The molecular formula is C23H21F8N3O3S. The monoisotopic (exact) mass is 571 g/mol. The smallest absolute Gasteiger partial charge is 0.332 e. The zero-order valence-electron chi connectivity index (χ0n) is 19.3. The van der Waals surface area contributed by atoms with Crippen LogP contribution in [-0.2, 0) is 16.4 Å². The van der Waals surface area contributed by atoms with Gasteiger partial charge in [-0.05, 0) is 54.7 Å². The molecule has 6 nitrogen and oxygen atoms in total. The highest BCUT2D eigenvalue weighted by Crippen LogP contribution is 2.55. The number of hydrogen-bond acceptors (Lipinski definition) is 3. The lowest BCUT2D eigenvalue weighted by molar-refractivity contribution is 0.137. The van der Waals surface area contributed by atoms with E-state index < -0.39 is 93.1 Å². The molecule has 4 rings (SSSR count). The van der Waals surface area contributed by atoms with Gasteiger partial charge < -0.3 is 10.2 Å². The summed E-state index contributed by atoms with van der Waals surface area (Å²) in [7, 11) is -5.20. The van der Waals surface area contributed by atoms with Crippen LogP contribution in [0.1, 0.15) is 18.4 Å². The number of benzene rings is 2. The van der Waals surface area contributed by atoms with Gasteiger partial charge in [0, 0.05) is 23.6 Å². The first-order chi connectivity index (χ1) is 17.7. The fourth-order valence-electron chi connectivity index (χ4n) is 4.86. The summed E-state index contributed by atoms with van der Waals surface area (Å²) >= 11 is 0. The van der Waals surface area contributed by atoms with Crippen LogP contribution in [0.15, 0.2) is 30.3 Å². The number of alkyl halides is 4. The van der Waals surface area contributed by atoms with Crippen LogP contribution >= 0.6 is 0 Å². The minimum Gasteiger partial charge on any atom is -0.332 e. The van der Waals surface area contributed by atoms with Crippen LogP contribution in [-0.4, -0.2) is 56.7 Å². The molecule has 0 bridgehead atoms. The number of amides is 2. The number of carbonyl (C=O) groups is 1. The van der Waals surface area contributed by atoms with Crippen molar-refractivity contribution in [2.75, 3.05) is 13.1 Å². The van der Waals surface area contributed by atoms with Crippen molar-refractivity contribution < 1.29 is 48.3 Å². The quantitative estimate of drug-likeness (QED) is 0.462. The summed E-state index contributed by atoms with van der Waals surface area (Å²) in [5.41, 5.74) is -2.38. The first-order valence-corrected chi connectivity index (χ1v) is 12.8.